The highest BCUT2D eigenvalue weighted by atomic mass is 32.2. The fourth-order valence-electron chi connectivity index (χ4n) is 1.82. The molecular formula is C14H11N3O5S. The van der Waals surface area contributed by atoms with E-state index in [9.17, 15) is 25.0 Å². The number of nitro groups is 2. The minimum Gasteiger partial charge on any atom is -0.325 e. The molecule has 2 rings (SSSR count). The van der Waals surface area contributed by atoms with Gasteiger partial charge in [-0.05, 0) is 18.2 Å². The van der Waals surface area contributed by atoms with Crippen LogP contribution in [0.2, 0.25) is 0 Å². The molecule has 2 aromatic rings. The van der Waals surface area contributed by atoms with Crippen LogP contribution in [0.25, 0.3) is 0 Å². The van der Waals surface area contributed by atoms with Gasteiger partial charge < -0.3 is 5.32 Å². The summed E-state index contributed by atoms with van der Waals surface area (Å²) in [5.41, 5.74) is -0.198. The summed E-state index contributed by atoms with van der Waals surface area (Å²) in [6.45, 7) is 1.36. The highest BCUT2D eigenvalue weighted by molar-refractivity contribution is 7.99. The number of nitrogens with zero attached hydrogens (tertiary/aromatic N) is 2. The Kier molecular flexibility index (Phi) is 4.91. The topological polar surface area (TPSA) is 115 Å². The number of benzene rings is 2. The van der Waals surface area contributed by atoms with Gasteiger partial charge in [0.15, 0.2) is 0 Å². The van der Waals surface area contributed by atoms with E-state index < -0.39 is 9.85 Å². The third-order valence-electron chi connectivity index (χ3n) is 2.77. The zero-order chi connectivity index (χ0) is 17.0. The van der Waals surface area contributed by atoms with Crippen LogP contribution in [0, 0.1) is 20.2 Å². The number of hydrogen-bond acceptors (Lipinski definition) is 6. The van der Waals surface area contributed by atoms with Crippen LogP contribution >= 0.6 is 11.8 Å². The molecule has 0 bridgehead atoms. The number of carbonyl (C=O) groups is 1. The molecule has 0 heterocycles. The molecule has 1 N–H and O–H groups in total. The second-order valence-corrected chi connectivity index (χ2v) is 5.53. The van der Waals surface area contributed by atoms with E-state index in [0.29, 0.717) is 10.6 Å². The molecule has 0 atom stereocenters. The summed E-state index contributed by atoms with van der Waals surface area (Å²) in [6.07, 6.45) is 0. The Bertz CT molecular complexity index is 794. The lowest BCUT2D eigenvalue weighted by Gasteiger charge is -2.09. The van der Waals surface area contributed by atoms with E-state index >= 15 is 0 Å². The Labute approximate surface area is 134 Å². The molecule has 9 heteroatoms. The van der Waals surface area contributed by atoms with Gasteiger partial charge in [-0.2, -0.15) is 0 Å². The van der Waals surface area contributed by atoms with Gasteiger partial charge in [0.1, 0.15) is 0 Å². The lowest BCUT2D eigenvalue weighted by molar-refractivity contribution is -0.396. The first kappa shape index (κ1) is 16.4. The van der Waals surface area contributed by atoms with E-state index in [4.69, 9.17) is 0 Å². The fraction of sp³-hybridized carbons (Fsp3) is 0.0714. The minimum atomic E-state index is -0.688. The summed E-state index contributed by atoms with van der Waals surface area (Å²) in [5, 5.41) is 24.5. The average Bonchev–Trinajstić information content (AvgIpc) is 2.48. The number of carbonyl (C=O) groups excluding carboxylic acids is 1. The molecule has 0 aliphatic carbocycles. The summed E-state index contributed by atoms with van der Waals surface area (Å²) in [7, 11) is 0. The van der Waals surface area contributed by atoms with E-state index in [2.05, 4.69) is 5.32 Å². The lowest BCUT2D eigenvalue weighted by Crippen LogP contribution is -2.06. The number of rotatable bonds is 5. The van der Waals surface area contributed by atoms with Gasteiger partial charge in [-0.25, -0.2) is 0 Å². The van der Waals surface area contributed by atoms with Crippen LogP contribution in [-0.4, -0.2) is 15.8 Å². The van der Waals surface area contributed by atoms with Crippen molar-refractivity contribution in [1.29, 1.82) is 0 Å². The number of nitrogens with one attached hydrogen (secondary N) is 1. The van der Waals surface area contributed by atoms with Crippen LogP contribution in [0.1, 0.15) is 6.92 Å². The fourth-order valence-corrected chi connectivity index (χ4v) is 2.80. The molecule has 0 aromatic heterocycles. The second kappa shape index (κ2) is 6.88. The molecular weight excluding hydrogens is 322 g/mol. The van der Waals surface area contributed by atoms with Crippen LogP contribution < -0.4 is 5.32 Å². The van der Waals surface area contributed by atoms with Crippen molar-refractivity contribution in [3.05, 3.63) is 62.7 Å². The summed E-state index contributed by atoms with van der Waals surface area (Å²) in [4.78, 5) is 32.6. The van der Waals surface area contributed by atoms with Gasteiger partial charge in [0.25, 0.3) is 11.4 Å². The first-order valence-electron chi connectivity index (χ1n) is 6.36. The Balaban J connectivity index is 2.42. The number of hydrogen-bond donors (Lipinski definition) is 1. The third kappa shape index (κ3) is 4.04. The van der Waals surface area contributed by atoms with Crippen molar-refractivity contribution < 1.29 is 14.6 Å². The first-order valence-corrected chi connectivity index (χ1v) is 7.17. The zero-order valence-electron chi connectivity index (χ0n) is 11.9. The van der Waals surface area contributed by atoms with Gasteiger partial charge in [0.2, 0.25) is 5.91 Å². The quantitative estimate of drug-likeness (QED) is 0.660. The molecule has 0 saturated carbocycles. The molecule has 0 radical (unpaired) electrons. The van der Waals surface area contributed by atoms with E-state index in [-0.39, 0.29) is 22.2 Å². The Morgan fingerprint density at radius 2 is 1.74 bits per heavy atom. The standard InChI is InChI=1S/C14H11N3O5S/c1-9(18)15-11-4-2-3-5-13(11)23-14-7-6-10(16(19)20)8-12(14)17(21)22/h2-8H,1H3,(H,15,18). The van der Waals surface area contributed by atoms with Crippen molar-refractivity contribution in [3.63, 3.8) is 0 Å². The van der Waals surface area contributed by atoms with Crippen molar-refractivity contribution in [2.45, 2.75) is 16.7 Å². The molecule has 0 fully saturated rings. The lowest BCUT2D eigenvalue weighted by atomic mass is 10.3. The molecule has 0 aliphatic rings. The van der Waals surface area contributed by atoms with Crippen molar-refractivity contribution in [3.8, 4) is 0 Å². The van der Waals surface area contributed by atoms with E-state index in [1.807, 2.05) is 0 Å². The maximum Gasteiger partial charge on any atom is 0.290 e. The first-order chi connectivity index (χ1) is 10.9. The molecule has 1 amide bonds. The molecule has 2 aromatic carbocycles. The van der Waals surface area contributed by atoms with Crippen LogP contribution in [0.4, 0.5) is 17.1 Å². The molecule has 118 valence electrons. The molecule has 8 nitrogen and oxygen atoms in total. The molecule has 0 saturated heterocycles. The Hall–Kier alpha value is -2.94. The van der Waals surface area contributed by atoms with Crippen molar-refractivity contribution in [2.24, 2.45) is 0 Å². The number of amides is 1. The zero-order valence-corrected chi connectivity index (χ0v) is 12.7. The predicted molar refractivity (Wildman–Crippen MR) is 84.6 cm³/mol. The SMILES string of the molecule is CC(=O)Nc1ccccc1Sc1ccc([N+](=O)[O-])cc1[N+](=O)[O-]. The number of para-hydroxylation sites is 1. The van der Waals surface area contributed by atoms with Crippen LogP contribution in [0.15, 0.2) is 52.3 Å². The molecule has 0 aliphatic heterocycles. The van der Waals surface area contributed by atoms with Gasteiger partial charge >= 0.3 is 0 Å². The number of anilines is 1. The van der Waals surface area contributed by atoms with E-state index in [0.717, 1.165) is 17.8 Å². The van der Waals surface area contributed by atoms with Crippen LogP contribution in [0.3, 0.4) is 0 Å². The minimum absolute atomic E-state index is 0.249. The van der Waals surface area contributed by atoms with E-state index in [1.165, 1.54) is 19.1 Å². The molecule has 0 unspecified atom stereocenters. The smallest absolute Gasteiger partial charge is 0.290 e. The van der Waals surface area contributed by atoms with Gasteiger partial charge in [0, 0.05) is 17.9 Å². The number of nitro benzene ring substituents is 2. The van der Waals surface area contributed by atoms with Gasteiger partial charge in [-0.3, -0.25) is 25.0 Å². The third-order valence-corrected chi connectivity index (χ3v) is 3.91. The second-order valence-electron chi connectivity index (χ2n) is 4.45. The summed E-state index contributed by atoms with van der Waals surface area (Å²) >= 11 is 1.05. The van der Waals surface area contributed by atoms with E-state index in [1.54, 1.807) is 24.3 Å². The van der Waals surface area contributed by atoms with Crippen molar-refractivity contribution in [2.75, 3.05) is 5.32 Å². The maximum atomic E-state index is 11.2. The van der Waals surface area contributed by atoms with Crippen molar-refractivity contribution in [1.82, 2.24) is 0 Å². The van der Waals surface area contributed by atoms with Crippen LogP contribution in [-0.2, 0) is 4.79 Å². The summed E-state index contributed by atoms with van der Waals surface area (Å²) in [6, 6.07) is 10.3. The van der Waals surface area contributed by atoms with Gasteiger partial charge in [0.05, 0.1) is 26.5 Å². The highest BCUT2D eigenvalue weighted by Gasteiger charge is 2.21. The van der Waals surface area contributed by atoms with Gasteiger partial charge in [-0.15, -0.1) is 0 Å². The summed E-state index contributed by atoms with van der Waals surface area (Å²) < 4.78 is 0. The maximum absolute atomic E-state index is 11.2. The largest absolute Gasteiger partial charge is 0.325 e. The van der Waals surface area contributed by atoms with Crippen molar-refractivity contribution >= 4 is 34.7 Å². The monoisotopic (exact) mass is 333 g/mol. The average molecular weight is 333 g/mol. The molecule has 23 heavy (non-hydrogen) atoms. The normalized spacial score (nSPS) is 10.1. The Morgan fingerprint density at radius 1 is 1.04 bits per heavy atom. The predicted octanol–water partition coefficient (Wildman–Crippen LogP) is 3.61. The summed E-state index contributed by atoms with van der Waals surface area (Å²) in [5.74, 6) is -0.267. The van der Waals surface area contributed by atoms with Gasteiger partial charge in [-0.1, -0.05) is 23.9 Å². The number of non-ortho nitro benzene ring substituents is 1. The Morgan fingerprint density at radius 3 is 2.35 bits per heavy atom. The van der Waals surface area contributed by atoms with Crippen LogP contribution in [0.5, 0.6) is 0 Å². The highest BCUT2D eigenvalue weighted by Crippen LogP contribution is 2.39. The molecule has 0 spiro atoms.